The molecule has 3 aromatic rings. The number of nitrogens with one attached hydrogen (secondary N) is 1. The Labute approximate surface area is 217 Å². The quantitative estimate of drug-likeness (QED) is 0.322. The number of anilines is 1. The lowest BCUT2D eigenvalue weighted by molar-refractivity contribution is -0.120. The van der Waals surface area contributed by atoms with Crippen molar-refractivity contribution < 1.29 is 22.7 Å². The number of amides is 1. The Morgan fingerprint density at radius 2 is 1.56 bits per heavy atom. The van der Waals surface area contributed by atoms with Crippen LogP contribution in [0.3, 0.4) is 0 Å². The second kappa shape index (κ2) is 12.7. The summed E-state index contributed by atoms with van der Waals surface area (Å²) in [7, 11) is -2.41. The number of nitrogens with zero attached hydrogens (tertiary/aromatic N) is 1. The van der Waals surface area contributed by atoms with E-state index in [1.54, 1.807) is 55.6 Å². The maximum Gasteiger partial charge on any atom is 0.264 e. The smallest absolute Gasteiger partial charge is 0.264 e. The minimum Gasteiger partial charge on any atom is -0.497 e. The molecule has 0 aliphatic heterocycles. The third-order valence-electron chi connectivity index (χ3n) is 5.63. The van der Waals surface area contributed by atoms with Gasteiger partial charge in [0.2, 0.25) is 5.91 Å². The highest BCUT2D eigenvalue weighted by Crippen LogP contribution is 2.27. The van der Waals surface area contributed by atoms with E-state index in [0.717, 1.165) is 20.5 Å². The van der Waals surface area contributed by atoms with E-state index in [4.69, 9.17) is 9.47 Å². The summed E-state index contributed by atoms with van der Waals surface area (Å²) in [5, 5.41) is 2.98. The summed E-state index contributed by atoms with van der Waals surface area (Å²) in [6.45, 7) is 3.96. The van der Waals surface area contributed by atoms with Gasteiger partial charge in [0.15, 0.2) is 0 Å². The summed E-state index contributed by atoms with van der Waals surface area (Å²) in [4.78, 5) is 14.2. The largest absolute Gasteiger partial charge is 0.497 e. The Hall–Kier alpha value is -3.17. The minimum atomic E-state index is -4.01. The van der Waals surface area contributed by atoms with Gasteiger partial charge in [-0.3, -0.25) is 9.10 Å². The lowest BCUT2D eigenvalue weighted by atomic mass is 10.0. The zero-order valence-corrected chi connectivity index (χ0v) is 22.6. The van der Waals surface area contributed by atoms with Crippen molar-refractivity contribution >= 4 is 33.4 Å². The van der Waals surface area contributed by atoms with Gasteiger partial charge in [0, 0.05) is 4.90 Å². The topological polar surface area (TPSA) is 84.9 Å². The fourth-order valence-corrected chi connectivity index (χ4v) is 5.52. The summed E-state index contributed by atoms with van der Waals surface area (Å²) >= 11 is 1.52. The van der Waals surface area contributed by atoms with Crippen molar-refractivity contribution in [1.29, 1.82) is 0 Å². The molecule has 1 unspecified atom stereocenters. The van der Waals surface area contributed by atoms with Gasteiger partial charge >= 0.3 is 0 Å². The molecule has 36 heavy (non-hydrogen) atoms. The zero-order chi connectivity index (χ0) is 26.1. The molecular weight excluding hydrogens is 496 g/mol. The zero-order valence-electron chi connectivity index (χ0n) is 20.9. The Morgan fingerprint density at radius 1 is 0.944 bits per heavy atom. The summed E-state index contributed by atoms with van der Waals surface area (Å²) in [5.74, 6) is 0.939. The summed E-state index contributed by atoms with van der Waals surface area (Å²) in [6.07, 6.45) is 2.57. The molecule has 0 saturated heterocycles. The molecule has 1 amide bonds. The summed E-state index contributed by atoms with van der Waals surface area (Å²) in [5.41, 5.74) is 1.29. The highest BCUT2D eigenvalue weighted by molar-refractivity contribution is 7.98. The van der Waals surface area contributed by atoms with Gasteiger partial charge in [0.05, 0.1) is 30.3 Å². The van der Waals surface area contributed by atoms with E-state index in [1.165, 1.54) is 11.8 Å². The van der Waals surface area contributed by atoms with Crippen LogP contribution in [0.15, 0.2) is 82.6 Å². The highest BCUT2D eigenvalue weighted by Gasteiger charge is 2.28. The molecule has 1 N–H and O–H groups in total. The van der Waals surface area contributed by atoms with Crippen molar-refractivity contribution in [2.24, 2.45) is 0 Å². The van der Waals surface area contributed by atoms with Crippen LogP contribution in [0.2, 0.25) is 0 Å². The van der Waals surface area contributed by atoms with E-state index in [2.05, 4.69) is 5.32 Å². The van der Waals surface area contributed by atoms with Crippen LogP contribution in [0.25, 0.3) is 0 Å². The number of thioether (sulfide) groups is 1. The standard InChI is InChI=1S/C27H32N2O5S2/c1-5-26(20-7-11-22(33-3)12-8-20)28-27(30)19-29(21-9-13-23(14-10-21)34-6-2)36(31,32)25-17-15-24(35-4)16-18-25/h7-18,26H,5-6,19H2,1-4H3,(H,28,30). The monoisotopic (exact) mass is 528 g/mol. The molecule has 0 bridgehead atoms. The molecule has 0 aliphatic carbocycles. The molecule has 0 fully saturated rings. The van der Waals surface area contributed by atoms with Crippen molar-refractivity contribution in [3.8, 4) is 11.5 Å². The Bertz CT molecular complexity index is 1230. The average molecular weight is 529 g/mol. The van der Waals surface area contributed by atoms with Crippen LogP contribution in [0.5, 0.6) is 11.5 Å². The van der Waals surface area contributed by atoms with Crippen LogP contribution in [-0.4, -0.2) is 40.8 Å². The minimum absolute atomic E-state index is 0.115. The van der Waals surface area contributed by atoms with E-state index < -0.39 is 15.9 Å². The van der Waals surface area contributed by atoms with E-state index in [-0.39, 0.29) is 17.5 Å². The van der Waals surface area contributed by atoms with Crippen LogP contribution in [0.4, 0.5) is 5.69 Å². The van der Waals surface area contributed by atoms with Crippen molar-refractivity contribution in [3.63, 3.8) is 0 Å². The molecular formula is C27H32N2O5S2. The Balaban J connectivity index is 1.89. The van der Waals surface area contributed by atoms with Crippen LogP contribution in [-0.2, 0) is 14.8 Å². The first-order valence-corrected chi connectivity index (χ1v) is 14.3. The van der Waals surface area contributed by atoms with E-state index in [9.17, 15) is 13.2 Å². The number of hydrogen-bond donors (Lipinski definition) is 1. The molecule has 3 rings (SSSR count). The van der Waals surface area contributed by atoms with Gasteiger partial charge in [-0.1, -0.05) is 19.1 Å². The molecule has 0 spiro atoms. The molecule has 1 atom stereocenters. The number of carbonyl (C=O) groups excluding carboxylic acids is 1. The molecule has 0 aromatic heterocycles. The number of methoxy groups -OCH3 is 1. The SMILES string of the molecule is CCOc1ccc(N(CC(=O)NC(CC)c2ccc(OC)cc2)S(=O)(=O)c2ccc(SC)cc2)cc1. The average Bonchev–Trinajstić information content (AvgIpc) is 2.91. The molecule has 9 heteroatoms. The Morgan fingerprint density at radius 3 is 2.08 bits per heavy atom. The third-order valence-corrected chi connectivity index (χ3v) is 8.16. The number of ether oxygens (including phenoxy) is 2. The number of sulfonamides is 1. The van der Waals surface area contributed by atoms with Gasteiger partial charge < -0.3 is 14.8 Å². The molecule has 192 valence electrons. The van der Waals surface area contributed by atoms with Gasteiger partial charge in [-0.25, -0.2) is 8.42 Å². The molecule has 7 nitrogen and oxygen atoms in total. The van der Waals surface area contributed by atoms with Crippen LogP contribution in [0, 0.1) is 0 Å². The normalized spacial score (nSPS) is 12.0. The number of benzene rings is 3. The first kappa shape index (κ1) is 27.4. The first-order valence-electron chi connectivity index (χ1n) is 11.6. The number of carbonyl (C=O) groups is 1. The van der Waals surface area contributed by atoms with Crippen LogP contribution in [0.1, 0.15) is 31.9 Å². The van der Waals surface area contributed by atoms with E-state index in [0.29, 0.717) is 24.5 Å². The van der Waals surface area contributed by atoms with Crippen molar-refractivity contribution in [1.82, 2.24) is 5.32 Å². The molecule has 3 aromatic carbocycles. The molecule has 0 radical (unpaired) electrons. The number of hydrogen-bond acceptors (Lipinski definition) is 6. The fourth-order valence-electron chi connectivity index (χ4n) is 3.69. The van der Waals surface area contributed by atoms with E-state index >= 15 is 0 Å². The molecule has 0 aliphatic rings. The summed E-state index contributed by atoms with van der Waals surface area (Å²) in [6, 6.07) is 20.5. The maximum absolute atomic E-state index is 13.7. The lowest BCUT2D eigenvalue weighted by Gasteiger charge is -2.26. The van der Waals surface area contributed by atoms with Crippen LogP contribution >= 0.6 is 11.8 Å². The molecule has 0 saturated carbocycles. The number of rotatable bonds is 12. The second-order valence-corrected chi connectivity index (χ2v) is 10.7. The third kappa shape index (κ3) is 6.73. The summed E-state index contributed by atoms with van der Waals surface area (Å²) < 4.78 is 39.2. The van der Waals surface area contributed by atoms with Gasteiger partial charge in [-0.15, -0.1) is 11.8 Å². The predicted molar refractivity (Wildman–Crippen MR) is 145 cm³/mol. The van der Waals surface area contributed by atoms with Gasteiger partial charge in [0.25, 0.3) is 10.0 Å². The van der Waals surface area contributed by atoms with Gasteiger partial charge in [-0.05, 0) is 85.8 Å². The van der Waals surface area contributed by atoms with Crippen molar-refractivity contribution in [2.75, 3.05) is 30.8 Å². The highest BCUT2D eigenvalue weighted by atomic mass is 32.2. The van der Waals surface area contributed by atoms with Crippen molar-refractivity contribution in [2.45, 2.75) is 36.1 Å². The maximum atomic E-state index is 13.7. The molecule has 0 heterocycles. The van der Waals surface area contributed by atoms with E-state index in [1.807, 2.05) is 44.4 Å². The second-order valence-electron chi connectivity index (χ2n) is 7.92. The van der Waals surface area contributed by atoms with Crippen LogP contribution < -0.4 is 19.1 Å². The first-order chi connectivity index (χ1) is 17.3. The lowest BCUT2D eigenvalue weighted by Crippen LogP contribution is -2.42. The fraction of sp³-hybridized carbons (Fsp3) is 0.296. The van der Waals surface area contributed by atoms with Gasteiger partial charge in [0.1, 0.15) is 18.0 Å². The Kier molecular flexibility index (Phi) is 9.66. The van der Waals surface area contributed by atoms with Gasteiger partial charge in [-0.2, -0.15) is 0 Å². The predicted octanol–water partition coefficient (Wildman–Crippen LogP) is 5.28. The van der Waals surface area contributed by atoms with Crippen molar-refractivity contribution in [3.05, 3.63) is 78.4 Å².